The molecular formula is C19H19N5O3. The predicted octanol–water partition coefficient (Wildman–Crippen LogP) is 3.19. The highest BCUT2D eigenvalue weighted by Gasteiger charge is 2.19. The largest absolute Gasteiger partial charge is 0.486 e. The van der Waals surface area contributed by atoms with Crippen LogP contribution in [0.2, 0.25) is 0 Å². The molecule has 1 aliphatic heterocycles. The van der Waals surface area contributed by atoms with Crippen molar-refractivity contribution in [2.45, 2.75) is 13.8 Å². The van der Waals surface area contributed by atoms with E-state index in [1.807, 2.05) is 32.0 Å². The number of nitrogens with zero attached hydrogens (tertiary/aromatic N) is 2. The summed E-state index contributed by atoms with van der Waals surface area (Å²) < 4.78 is 11.0. The normalized spacial score (nSPS) is 12.5. The van der Waals surface area contributed by atoms with Gasteiger partial charge in [-0.3, -0.25) is 4.79 Å². The SMILES string of the molecule is Cc1ccc(Nc2n[nH]nc2C(=O)Nc2ccc3c(c2)OCCO3)cc1C. The summed E-state index contributed by atoms with van der Waals surface area (Å²) in [6, 6.07) is 11.2. The van der Waals surface area contributed by atoms with Crippen LogP contribution in [-0.2, 0) is 0 Å². The molecule has 138 valence electrons. The van der Waals surface area contributed by atoms with E-state index in [4.69, 9.17) is 9.47 Å². The lowest BCUT2D eigenvalue weighted by molar-refractivity contribution is 0.102. The van der Waals surface area contributed by atoms with Gasteiger partial charge in [0.2, 0.25) is 0 Å². The zero-order chi connectivity index (χ0) is 18.8. The molecule has 2 heterocycles. The van der Waals surface area contributed by atoms with Gasteiger partial charge in [0.15, 0.2) is 23.0 Å². The van der Waals surface area contributed by atoms with E-state index in [9.17, 15) is 4.79 Å². The van der Waals surface area contributed by atoms with E-state index in [2.05, 4.69) is 26.0 Å². The van der Waals surface area contributed by atoms with E-state index in [-0.39, 0.29) is 11.6 Å². The van der Waals surface area contributed by atoms with Crippen molar-refractivity contribution in [1.82, 2.24) is 15.4 Å². The fraction of sp³-hybridized carbons (Fsp3) is 0.211. The molecule has 0 aliphatic carbocycles. The van der Waals surface area contributed by atoms with Crippen LogP contribution >= 0.6 is 0 Å². The number of H-pyrrole nitrogens is 1. The van der Waals surface area contributed by atoms with E-state index < -0.39 is 0 Å². The van der Waals surface area contributed by atoms with Crippen molar-refractivity contribution in [1.29, 1.82) is 0 Å². The van der Waals surface area contributed by atoms with Gasteiger partial charge in [0.05, 0.1) is 0 Å². The first-order chi connectivity index (χ1) is 13.1. The van der Waals surface area contributed by atoms with E-state index in [0.717, 1.165) is 11.3 Å². The summed E-state index contributed by atoms with van der Waals surface area (Å²) in [6.07, 6.45) is 0. The molecule has 3 N–H and O–H groups in total. The maximum atomic E-state index is 12.6. The third-order valence-electron chi connectivity index (χ3n) is 4.33. The summed E-state index contributed by atoms with van der Waals surface area (Å²) in [5.41, 5.74) is 3.93. The van der Waals surface area contributed by atoms with Gasteiger partial charge in [0, 0.05) is 17.4 Å². The molecule has 3 aromatic rings. The number of rotatable bonds is 4. The summed E-state index contributed by atoms with van der Waals surface area (Å²) in [6.45, 7) is 5.07. The molecule has 0 atom stereocenters. The van der Waals surface area contributed by atoms with E-state index in [1.54, 1.807) is 18.2 Å². The van der Waals surface area contributed by atoms with Gasteiger partial charge in [-0.25, -0.2) is 0 Å². The highest BCUT2D eigenvalue weighted by molar-refractivity contribution is 6.06. The van der Waals surface area contributed by atoms with Crippen LogP contribution in [0.1, 0.15) is 21.6 Å². The van der Waals surface area contributed by atoms with Gasteiger partial charge in [-0.2, -0.15) is 5.21 Å². The smallest absolute Gasteiger partial charge is 0.280 e. The number of anilines is 3. The minimum absolute atomic E-state index is 0.170. The van der Waals surface area contributed by atoms with Crippen LogP contribution in [0, 0.1) is 13.8 Å². The number of hydrogen-bond donors (Lipinski definition) is 3. The molecule has 0 radical (unpaired) electrons. The van der Waals surface area contributed by atoms with Crippen LogP contribution in [0.25, 0.3) is 0 Å². The lowest BCUT2D eigenvalue weighted by atomic mass is 10.1. The second-order valence-electron chi connectivity index (χ2n) is 6.26. The van der Waals surface area contributed by atoms with Crippen molar-refractivity contribution in [3.63, 3.8) is 0 Å². The van der Waals surface area contributed by atoms with Crippen molar-refractivity contribution in [2.24, 2.45) is 0 Å². The van der Waals surface area contributed by atoms with Gasteiger partial charge in [-0.05, 0) is 49.2 Å². The zero-order valence-corrected chi connectivity index (χ0v) is 15.0. The molecule has 0 unspecified atom stereocenters. The number of nitrogens with one attached hydrogen (secondary N) is 3. The fourth-order valence-electron chi connectivity index (χ4n) is 2.74. The van der Waals surface area contributed by atoms with E-state index >= 15 is 0 Å². The minimum Gasteiger partial charge on any atom is -0.486 e. The van der Waals surface area contributed by atoms with Crippen molar-refractivity contribution in [3.05, 3.63) is 53.2 Å². The molecule has 8 nitrogen and oxygen atoms in total. The summed E-state index contributed by atoms with van der Waals surface area (Å²) in [5, 5.41) is 16.4. The van der Waals surface area contributed by atoms with Crippen molar-refractivity contribution < 1.29 is 14.3 Å². The number of carbonyl (C=O) groups excluding carboxylic acids is 1. The van der Waals surface area contributed by atoms with E-state index in [0.29, 0.717) is 36.2 Å². The molecule has 2 aromatic carbocycles. The summed E-state index contributed by atoms with van der Waals surface area (Å²) in [5.74, 6) is 1.24. The van der Waals surface area contributed by atoms with Gasteiger partial charge >= 0.3 is 0 Å². The first-order valence-electron chi connectivity index (χ1n) is 8.56. The first-order valence-corrected chi connectivity index (χ1v) is 8.56. The zero-order valence-electron chi connectivity index (χ0n) is 15.0. The number of amides is 1. The maximum absolute atomic E-state index is 12.6. The number of aromatic amines is 1. The van der Waals surface area contributed by atoms with Gasteiger partial charge in [0.1, 0.15) is 13.2 Å². The second kappa shape index (κ2) is 6.99. The average Bonchev–Trinajstić information content (AvgIpc) is 3.13. The Morgan fingerprint density at radius 3 is 2.56 bits per heavy atom. The molecule has 27 heavy (non-hydrogen) atoms. The quantitative estimate of drug-likeness (QED) is 0.656. The molecule has 1 aromatic heterocycles. The monoisotopic (exact) mass is 365 g/mol. The number of ether oxygens (including phenoxy) is 2. The molecule has 0 saturated carbocycles. The lowest BCUT2D eigenvalue weighted by Gasteiger charge is -2.18. The maximum Gasteiger partial charge on any atom is 0.280 e. The predicted molar refractivity (Wildman–Crippen MR) is 101 cm³/mol. The van der Waals surface area contributed by atoms with Gasteiger partial charge in [-0.15, -0.1) is 10.2 Å². The standard InChI is InChI=1S/C19H19N5O3/c1-11-3-4-13(9-12(11)2)20-18-17(22-24-23-18)19(25)21-14-5-6-15-16(10-14)27-8-7-26-15/h3-6,9-10H,7-8H2,1-2H3,(H,21,25)(H2,20,22,23,24). The number of carbonyl (C=O) groups is 1. The third kappa shape index (κ3) is 3.55. The first kappa shape index (κ1) is 16.9. The summed E-state index contributed by atoms with van der Waals surface area (Å²) in [7, 11) is 0. The Bertz CT molecular complexity index is 999. The Morgan fingerprint density at radius 1 is 0.963 bits per heavy atom. The molecule has 8 heteroatoms. The Morgan fingerprint density at radius 2 is 1.74 bits per heavy atom. The van der Waals surface area contributed by atoms with Crippen molar-refractivity contribution in [3.8, 4) is 11.5 Å². The minimum atomic E-state index is -0.383. The van der Waals surface area contributed by atoms with E-state index in [1.165, 1.54) is 5.56 Å². The Labute approximate surface area is 155 Å². The van der Waals surface area contributed by atoms with Crippen LogP contribution in [0.5, 0.6) is 11.5 Å². The number of benzene rings is 2. The number of fused-ring (bicyclic) bond motifs is 1. The van der Waals surface area contributed by atoms with Gasteiger partial charge < -0.3 is 20.1 Å². The molecule has 0 fully saturated rings. The molecule has 0 saturated heterocycles. The molecule has 0 spiro atoms. The van der Waals surface area contributed by atoms with Crippen LogP contribution in [0.4, 0.5) is 17.2 Å². The fourth-order valence-corrected chi connectivity index (χ4v) is 2.74. The van der Waals surface area contributed by atoms with Gasteiger partial charge in [0.25, 0.3) is 5.91 Å². The van der Waals surface area contributed by atoms with Gasteiger partial charge in [-0.1, -0.05) is 6.07 Å². The van der Waals surface area contributed by atoms with Crippen LogP contribution in [0.3, 0.4) is 0 Å². The van der Waals surface area contributed by atoms with Crippen LogP contribution < -0.4 is 20.1 Å². The number of hydrogen-bond acceptors (Lipinski definition) is 6. The topological polar surface area (TPSA) is 101 Å². The van der Waals surface area contributed by atoms with Crippen LogP contribution in [0.15, 0.2) is 36.4 Å². The summed E-state index contributed by atoms with van der Waals surface area (Å²) in [4.78, 5) is 12.6. The highest BCUT2D eigenvalue weighted by Crippen LogP contribution is 2.32. The lowest BCUT2D eigenvalue weighted by Crippen LogP contribution is -2.17. The summed E-state index contributed by atoms with van der Waals surface area (Å²) >= 11 is 0. The molecule has 1 aliphatic rings. The highest BCUT2D eigenvalue weighted by atomic mass is 16.6. The van der Waals surface area contributed by atoms with Crippen molar-refractivity contribution >= 4 is 23.1 Å². The Hall–Kier alpha value is -3.55. The van der Waals surface area contributed by atoms with Crippen LogP contribution in [-0.4, -0.2) is 34.5 Å². The third-order valence-corrected chi connectivity index (χ3v) is 4.33. The molecule has 0 bridgehead atoms. The molecule has 4 rings (SSSR count). The Balaban J connectivity index is 1.51. The number of aromatic nitrogens is 3. The molecule has 1 amide bonds. The second-order valence-corrected chi connectivity index (χ2v) is 6.26. The Kier molecular flexibility index (Phi) is 4.37. The average molecular weight is 365 g/mol. The number of aryl methyl sites for hydroxylation is 2. The molecular weight excluding hydrogens is 346 g/mol. The van der Waals surface area contributed by atoms with Crippen molar-refractivity contribution in [2.75, 3.05) is 23.8 Å².